The van der Waals surface area contributed by atoms with Crippen LogP contribution in [0.4, 0.5) is 11.8 Å². The van der Waals surface area contributed by atoms with E-state index in [0.29, 0.717) is 41.5 Å². The van der Waals surface area contributed by atoms with Crippen LogP contribution in [0, 0.1) is 5.92 Å². The fraction of sp³-hybridized carbons (Fsp3) is 0.261. The number of amides is 1. The van der Waals surface area contributed by atoms with Crippen LogP contribution in [-0.4, -0.2) is 33.8 Å². The fourth-order valence-electron chi connectivity index (χ4n) is 3.95. The van der Waals surface area contributed by atoms with Gasteiger partial charge in [0.15, 0.2) is 5.58 Å². The van der Waals surface area contributed by atoms with E-state index in [1.54, 1.807) is 23.0 Å². The number of anilines is 2. The first kappa shape index (κ1) is 20.8. The van der Waals surface area contributed by atoms with Crippen molar-refractivity contribution in [3.05, 3.63) is 70.3 Å². The molecule has 1 fully saturated rings. The van der Waals surface area contributed by atoms with Crippen molar-refractivity contribution < 1.29 is 9.21 Å². The van der Waals surface area contributed by atoms with Gasteiger partial charge in [0.1, 0.15) is 11.3 Å². The molecule has 0 saturated carbocycles. The van der Waals surface area contributed by atoms with Crippen LogP contribution in [0.1, 0.15) is 18.4 Å². The number of oxazole rings is 1. The number of carbonyl (C=O) groups excluding carboxylic acids is 1. The topological polar surface area (TPSA) is 76.2 Å². The second-order valence-electron chi connectivity index (χ2n) is 7.80. The Morgan fingerprint density at radius 3 is 2.72 bits per heavy atom. The highest BCUT2D eigenvalue weighted by atomic mass is 35.5. The molecule has 0 unspecified atom stereocenters. The van der Waals surface area contributed by atoms with E-state index < -0.39 is 0 Å². The number of aromatic nitrogens is 3. The minimum atomic E-state index is -0.0891. The average Bonchev–Trinajstić information content (AvgIpc) is 3.44. The van der Waals surface area contributed by atoms with E-state index in [1.165, 1.54) is 0 Å². The van der Waals surface area contributed by atoms with E-state index >= 15 is 0 Å². The summed E-state index contributed by atoms with van der Waals surface area (Å²) in [7, 11) is 0. The number of hydrogen-bond acceptors (Lipinski definition) is 5. The highest BCUT2D eigenvalue weighted by Gasteiger charge is 2.28. The van der Waals surface area contributed by atoms with Crippen molar-refractivity contribution in [2.75, 3.05) is 23.3 Å². The lowest BCUT2D eigenvalue weighted by Gasteiger charge is -2.30. The Bertz CT molecular complexity index is 1230. The summed E-state index contributed by atoms with van der Waals surface area (Å²) < 4.78 is 7.57. The van der Waals surface area contributed by atoms with Gasteiger partial charge in [0.25, 0.3) is 6.01 Å². The molecule has 1 aliphatic rings. The Balaban J connectivity index is 1.21. The third-order valence-electron chi connectivity index (χ3n) is 5.74. The molecule has 0 radical (unpaired) electrons. The molecule has 1 aliphatic heterocycles. The predicted octanol–water partition coefficient (Wildman–Crippen LogP) is 5.23. The third kappa shape index (κ3) is 4.18. The van der Waals surface area contributed by atoms with Crippen LogP contribution < -0.4 is 10.2 Å². The van der Waals surface area contributed by atoms with E-state index in [2.05, 4.69) is 20.3 Å². The summed E-state index contributed by atoms with van der Waals surface area (Å²) in [5, 5.41) is 8.33. The number of halogens is 2. The van der Waals surface area contributed by atoms with Crippen molar-refractivity contribution in [1.29, 1.82) is 0 Å². The van der Waals surface area contributed by atoms with E-state index in [0.717, 1.165) is 29.5 Å². The average molecular weight is 470 g/mol. The lowest BCUT2D eigenvalue weighted by Crippen LogP contribution is -2.38. The molecule has 1 amide bonds. The molecule has 2 aromatic carbocycles. The monoisotopic (exact) mass is 469 g/mol. The van der Waals surface area contributed by atoms with Gasteiger partial charge in [-0.15, -0.1) is 0 Å². The van der Waals surface area contributed by atoms with Crippen molar-refractivity contribution in [3.63, 3.8) is 0 Å². The number of para-hydroxylation sites is 2. The maximum Gasteiger partial charge on any atom is 0.298 e. The van der Waals surface area contributed by atoms with Crippen molar-refractivity contribution in [1.82, 2.24) is 14.8 Å². The lowest BCUT2D eigenvalue weighted by molar-refractivity contribution is -0.120. The zero-order valence-corrected chi connectivity index (χ0v) is 18.7. The Labute approximate surface area is 194 Å². The van der Waals surface area contributed by atoms with Gasteiger partial charge in [0.05, 0.1) is 22.8 Å². The molecule has 0 atom stereocenters. The molecule has 1 N–H and O–H groups in total. The molecule has 32 heavy (non-hydrogen) atoms. The Morgan fingerprint density at radius 1 is 1.09 bits per heavy atom. The molecule has 0 spiro atoms. The van der Waals surface area contributed by atoms with Crippen LogP contribution in [0.15, 0.2) is 59.1 Å². The molecule has 5 rings (SSSR count). The third-order valence-corrected chi connectivity index (χ3v) is 6.60. The number of fused-ring (bicyclic) bond motifs is 1. The maximum absolute atomic E-state index is 12.9. The standard InChI is InChI=1S/C23H21Cl2N5O2/c24-17-5-3-4-16(21(17)25)14-30-20(8-11-26-30)28-22(31)15-9-12-29(13-10-15)23-27-18-6-1-2-7-19(18)32-23/h1-8,11,15H,9-10,12-14H2,(H,28,31). The first-order chi connectivity index (χ1) is 15.6. The second kappa shape index (κ2) is 8.84. The van der Waals surface area contributed by atoms with Crippen LogP contribution in [0.3, 0.4) is 0 Å². The van der Waals surface area contributed by atoms with Crippen LogP contribution in [0.5, 0.6) is 0 Å². The minimum Gasteiger partial charge on any atom is -0.423 e. The van der Waals surface area contributed by atoms with Gasteiger partial charge in [-0.1, -0.05) is 47.5 Å². The molecular formula is C23H21Cl2N5O2. The van der Waals surface area contributed by atoms with Gasteiger partial charge in [-0.05, 0) is 36.6 Å². The number of nitrogens with one attached hydrogen (secondary N) is 1. The van der Waals surface area contributed by atoms with Gasteiger partial charge >= 0.3 is 0 Å². The summed E-state index contributed by atoms with van der Waals surface area (Å²) in [4.78, 5) is 19.6. The number of rotatable bonds is 5. The number of hydrogen-bond donors (Lipinski definition) is 1. The Hall–Kier alpha value is -3.03. The lowest BCUT2D eigenvalue weighted by atomic mass is 9.96. The van der Waals surface area contributed by atoms with Gasteiger partial charge in [-0.3, -0.25) is 4.79 Å². The summed E-state index contributed by atoms with van der Waals surface area (Å²) in [5.74, 6) is 0.530. The molecular weight excluding hydrogens is 449 g/mol. The second-order valence-corrected chi connectivity index (χ2v) is 8.59. The van der Waals surface area contributed by atoms with Crippen molar-refractivity contribution in [2.24, 2.45) is 5.92 Å². The van der Waals surface area contributed by atoms with Crippen LogP contribution in [-0.2, 0) is 11.3 Å². The maximum atomic E-state index is 12.9. The molecule has 1 saturated heterocycles. The van der Waals surface area contributed by atoms with Gasteiger partial charge in [0, 0.05) is 25.1 Å². The van der Waals surface area contributed by atoms with E-state index in [1.807, 2.05) is 36.4 Å². The molecule has 3 heterocycles. The molecule has 2 aromatic heterocycles. The summed E-state index contributed by atoms with van der Waals surface area (Å²) in [6.45, 7) is 1.84. The number of benzene rings is 2. The number of carbonyl (C=O) groups is 1. The minimum absolute atomic E-state index is 0.0128. The quantitative estimate of drug-likeness (QED) is 0.432. The Morgan fingerprint density at radius 2 is 1.91 bits per heavy atom. The van der Waals surface area contributed by atoms with Crippen LogP contribution in [0.25, 0.3) is 11.1 Å². The van der Waals surface area contributed by atoms with Crippen LogP contribution in [0.2, 0.25) is 10.0 Å². The summed E-state index contributed by atoms with van der Waals surface area (Å²) in [6.07, 6.45) is 3.10. The molecule has 7 nitrogen and oxygen atoms in total. The summed E-state index contributed by atoms with van der Waals surface area (Å²) in [5.41, 5.74) is 2.45. The normalized spacial score (nSPS) is 14.8. The zero-order chi connectivity index (χ0) is 22.1. The highest BCUT2D eigenvalue weighted by molar-refractivity contribution is 6.42. The smallest absolute Gasteiger partial charge is 0.298 e. The molecule has 9 heteroatoms. The zero-order valence-electron chi connectivity index (χ0n) is 17.2. The number of nitrogens with zero attached hydrogens (tertiary/aromatic N) is 4. The van der Waals surface area contributed by atoms with Gasteiger partial charge in [0.2, 0.25) is 5.91 Å². The predicted molar refractivity (Wildman–Crippen MR) is 125 cm³/mol. The number of piperidine rings is 1. The largest absolute Gasteiger partial charge is 0.423 e. The summed E-state index contributed by atoms with van der Waals surface area (Å²) >= 11 is 12.4. The molecule has 0 bridgehead atoms. The van der Waals surface area contributed by atoms with E-state index in [4.69, 9.17) is 27.6 Å². The van der Waals surface area contributed by atoms with Gasteiger partial charge < -0.3 is 14.6 Å². The van der Waals surface area contributed by atoms with Crippen molar-refractivity contribution in [2.45, 2.75) is 19.4 Å². The SMILES string of the molecule is O=C(Nc1ccnn1Cc1cccc(Cl)c1Cl)C1CCN(c2nc3ccccc3o2)CC1. The first-order valence-electron chi connectivity index (χ1n) is 10.4. The van der Waals surface area contributed by atoms with Gasteiger partial charge in [-0.2, -0.15) is 10.1 Å². The van der Waals surface area contributed by atoms with E-state index in [9.17, 15) is 4.79 Å². The van der Waals surface area contributed by atoms with Crippen molar-refractivity contribution in [3.8, 4) is 0 Å². The van der Waals surface area contributed by atoms with Crippen molar-refractivity contribution >= 4 is 52.0 Å². The molecule has 164 valence electrons. The Kier molecular flexibility index (Phi) is 5.76. The molecule has 4 aromatic rings. The van der Waals surface area contributed by atoms with Gasteiger partial charge in [-0.25, -0.2) is 4.68 Å². The fourth-order valence-corrected chi connectivity index (χ4v) is 4.33. The molecule has 0 aliphatic carbocycles. The van der Waals surface area contributed by atoms with Crippen LogP contribution >= 0.6 is 23.2 Å². The highest BCUT2D eigenvalue weighted by Crippen LogP contribution is 2.28. The first-order valence-corrected chi connectivity index (χ1v) is 11.2. The van der Waals surface area contributed by atoms with E-state index in [-0.39, 0.29) is 11.8 Å². The summed E-state index contributed by atoms with van der Waals surface area (Å²) in [6, 6.07) is 15.6.